The third kappa shape index (κ3) is 4.74. The molecule has 120 valence electrons. The van der Waals surface area contributed by atoms with Gasteiger partial charge in [-0.3, -0.25) is 4.79 Å². The molecule has 0 atom stereocenters. The van der Waals surface area contributed by atoms with Crippen LogP contribution in [0.5, 0.6) is 0 Å². The molecule has 1 rings (SSSR count). The van der Waals surface area contributed by atoms with E-state index in [1.165, 1.54) is 0 Å². The van der Waals surface area contributed by atoms with Crippen LogP contribution in [0.4, 0.5) is 16.4 Å². The van der Waals surface area contributed by atoms with E-state index in [-0.39, 0.29) is 23.3 Å². The Morgan fingerprint density at radius 2 is 2.14 bits per heavy atom. The number of nitrogen functional groups attached to an aromatic ring is 1. The number of aromatic nitrogens is 2. The Labute approximate surface area is 131 Å². The molecule has 1 aromatic rings. The minimum Gasteiger partial charge on any atom is -0.449 e. The van der Waals surface area contributed by atoms with Crippen molar-refractivity contribution in [1.29, 1.82) is 0 Å². The molecule has 0 radical (unpaired) electrons. The first-order valence-electron chi connectivity index (χ1n) is 6.12. The summed E-state index contributed by atoms with van der Waals surface area (Å²) in [6.07, 6.45) is 0.208. The summed E-state index contributed by atoms with van der Waals surface area (Å²) in [6.45, 7) is 1.85. The Morgan fingerprint density at radius 1 is 1.45 bits per heavy atom. The van der Waals surface area contributed by atoms with Crippen LogP contribution in [-0.4, -0.2) is 49.0 Å². The predicted octanol–water partition coefficient (Wildman–Crippen LogP) is 0.197. The summed E-state index contributed by atoms with van der Waals surface area (Å²) in [4.78, 5) is 32.3. The quantitative estimate of drug-likeness (QED) is 0.399. The average molecular weight is 330 g/mol. The lowest BCUT2D eigenvalue weighted by Gasteiger charge is -2.14. The van der Waals surface area contributed by atoms with Gasteiger partial charge in [0, 0.05) is 14.1 Å². The molecule has 11 heteroatoms. The molecule has 1 heterocycles. The van der Waals surface area contributed by atoms with Crippen molar-refractivity contribution in [3.8, 4) is 0 Å². The number of nitrogens with zero attached hydrogens (tertiary/aromatic N) is 4. The monoisotopic (exact) mass is 329 g/mol. The van der Waals surface area contributed by atoms with Crippen molar-refractivity contribution < 1.29 is 14.3 Å². The molecular formula is C11H16ClN7O3. The molecule has 0 unspecified atom stereocenters. The third-order valence-corrected chi connectivity index (χ3v) is 2.45. The van der Waals surface area contributed by atoms with Crippen LogP contribution in [0.2, 0.25) is 5.15 Å². The molecule has 22 heavy (non-hydrogen) atoms. The Hall–Kier alpha value is -2.62. The van der Waals surface area contributed by atoms with Crippen LogP contribution in [0.15, 0.2) is 5.10 Å². The van der Waals surface area contributed by atoms with E-state index in [1.807, 2.05) is 5.43 Å². The van der Waals surface area contributed by atoms with E-state index < -0.39 is 12.0 Å². The van der Waals surface area contributed by atoms with Gasteiger partial charge in [0.1, 0.15) is 6.34 Å². The SMILES string of the molecule is CCOC(=O)NN=CNC(=O)c1nc(Cl)c(N(C)C)nc1N. The van der Waals surface area contributed by atoms with E-state index in [4.69, 9.17) is 17.3 Å². The molecule has 0 spiro atoms. The highest BCUT2D eigenvalue weighted by atomic mass is 35.5. The molecule has 0 saturated carbocycles. The van der Waals surface area contributed by atoms with Crippen LogP contribution in [0.1, 0.15) is 17.4 Å². The summed E-state index contributed by atoms with van der Waals surface area (Å²) in [5.74, 6) is -0.419. The van der Waals surface area contributed by atoms with Gasteiger partial charge in [-0.2, -0.15) is 5.10 Å². The van der Waals surface area contributed by atoms with Gasteiger partial charge in [-0.05, 0) is 6.92 Å². The number of amides is 2. The number of nitrogens with two attached hydrogens (primary N) is 1. The van der Waals surface area contributed by atoms with E-state index in [0.29, 0.717) is 5.82 Å². The summed E-state index contributed by atoms with van der Waals surface area (Å²) in [7, 11) is 3.42. The largest absolute Gasteiger partial charge is 0.449 e. The first kappa shape index (κ1) is 17.4. The lowest BCUT2D eigenvalue weighted by atomic mass is 10.4. The van der Waals surface area contributed by atoms with Gasteiger partial charge in [0.25, 0.3) is 5.91 Å². The van der Waals surface area contributed by atoms with E-state index in [9.17, 15) is 9.59 Å². The maximum absolute atomic E-state index is 11.9. The van der Waals surface area contributed by atoms with Crippen LogP contribution < -0.4 is 21.4 Å². The predicted molar refractivity (Wildman–Crippen MR) is 81.9 cm³/mol. The summed E-state index contributed by atoms with van der Waals surface area (Å²) >= 11 is 5.92. The number of hydrogen-bond donors (Lipinski definition) is 3. The molecule has 4 N–H and O–H groups in total. The first-order chi connectivity index (χ1) is 10.4. The number of carbonyl (C=O) groups is 2. The minimum atomic E-state index is -0.745. The van der Waals surface area contributed by atoms with E-state index in [0.717, 1.165) is 6.34 Å². The van der Waals surface area contributed by atoms with E-state index >= 15 is 0 Å². The Morgan fingerprint density at radius 3 is 2.73 bits per heavy atom. The molecular weight excluding hydrogens is 314 g/mol. The fourth-order valence-electron chi connectivity index (χ4n) is 1.28. The van der Waals surface area contributed by atoms with Crippen LogP contribution in [-0.2, 0) is 4.74 Å². The van der Waals surface area contributed by atoms with Gasteiger partial charge in [0.05, 0.1) is 6.61 Å². The second-order valence-electron chi connectivity index (χ2n) is 4.03. The Bertz CT molecular complexity index is 591. The fourth-order valence-corrected chi connectivity index (χ4v) is 1.57. The zero-order valence-electron chi connectivity index (χ0n) is 12.3. The maximum atomic E-state index is 11.9. The van der Waals surface area contributed by atoms with Gasteiger partial charge in [-0.15, -0.1) is 0 Å². The standard InChI is InChI=1S/C11H16ClN7O3/c1-4-22-11(21)18-15-5-14-10(20)6-8(13)17-9(19(2)3)7(12)16-6/h5H,4H2,1-3H3,(H2,13,17)(H,18,21)(H,14,15,20). The maximum Gasteiger partial charge on any atom is 0.427 e. The minimum absolute atomic E-state index is 0.0333. The number of nitrogens with one attached hydrogen (secondary N) is 2. The molecule has 0 aliphatic heterocycles. The summed E-state index contributed by atoms with van der Waals surface area (Å²) < 4.78 is 4.56. The van der Waals surface area contributed by atoms with Gasteiger partial charge in [0.15, 0.2) is 22.5 Å². The summed E-state index contributed by atoms with van der Waals surface area (Å²) in [5.41, 5.74) is 7.55. The van der Waals surface area contributed by atoms with Crippen LogP contribution in [0.3, 0.4) is 0 Å². The summed E-state index contributed by atoms with van der Waals surface area (Å²) in [5, 5.41) is 5.73. The molecule has 0 aromatic carbocycles. The van der Waals surface area contributed by atoms with E-state index in [2.05, 4.69) is 25.1 Å². The van der Waals surface area contributed by atoms with Gasteiger partial charge in [-0.25, -0.2) is 20.2 Å². The lowest BCUT2D eigenvalue weighted by molar-refractivity contribution is 0.0973. The molecule has 0 aliphatic rings. The number of hydrogen-bond acceptors (Lipinski definition) is 8. The van der Waals surface area contributed by atoms with Crippen molar-refractivity contribution in [2.24, 2.45) is 5.10 Å². The zero-order chi connectivity index (χ0) is 16.7. The number of carbonyl (C=O) groups excluding carboxylic acids is 2. The Kier molecular flexibility index (Phi) is 6.32. The number of halogens is 1. The van der Waals surface area contributed by atoms with Crippen molar-refractivity contribution in [2.45, 2.75) is 6.92 Å². The number of ether oxygens (including phenoxy) is 1. The van der Waals surface area contributed by atoms with Crippen molar-refractivity contribution in [2.75, 3.05) is 31.3 Å². The van der Waals surface area contributed by atoms with Gasteiger partial charge in [0.2, 0.25) is 0 Å². The highest BCUT2D eigenvalue weighted by Crippen LogP contribution is 2.22. The molecule has 10 nitrogen and oxygen atoms in total. The van der Waals surface area contributed by atoms with Crippen LogP contribution >= 0.6 is 11.6 Å². The normalized spacial score (nSPS) is 10.4. The molecule has 2 amide bonds. The highest BCUT2D eigenvalue weighted by molar-refractivity contribution is 6.32. The third-order valence-electron chi connectivity index (χ3n) is 2.19. The van der Waals surface area contributed by atoms with Crippen molar-refractivity contribution in [3.05, 3.63) is 10.8 Å². The fraction of sp³-hybridized carbons (Fsp3) is 0.364. The van der Waals surface area contributed by atoms with Crippen molar-refractivity contribution in [3.63, 3.8) is 0 Å². The number of hydrazone groups is 1. The smallest absolute Gasteiger partial charge is 0.427 e. The average Bonchev–Trinajstić information content (AvgIpc) is 2.45. The van der Waals surface area contributed by atoms with Crippen molar-refractivity contribution >= 4 is 41.6 Å². The molecule has 1 aromatic heterocycles. The molecule has 0 aliphatic carbocycles. The second kappa shape index (κ2) is 7.98. The number of rotatable bonds is 5. The molecule has 0 saturated heterocycles. The molecule has 0 fully saturated rings. The highest BCUT2D eigenvalue weighted by Gasteiger charge is 2.17. The van der Waals surface area contributed by atoms with E-state index in [1.54, 1.807) is 25.9 Å². The lowest BCUT2D eigenvalue weighted by Crippen LogP contribution is -2.27. The first-order valence-corrected chi connectivity index (χ1v) is 6.50. The second-order valence-corrected chi connectivity index (χ2v) is 4.39. The van der Waals surface area contributed by atoms with Gasteiger partial charge < -0.3 is 20.7 Å². The Balaban J connectivity index is 2.72. The van der Waals surface area contributed by atoms with Crippen molar-refractivity contribution in [1.82, 2.24) is 20.7 Å². The summed E-state index contributed by atoms with van der Waals surface area (Å²) in [6, 6.07) is 0. The van der Waals surface area contributed by atoms with Gasteiger partial charge >= 0.3 is 6.09 Å². The topological polar surface area (TPSA) is 135 Å². The molecule has 0 bridgehead atoms. The van der Waals surface area contributed by atoms with Crippen LogP contribution in [0.25, 0.3) is 0 Å². The van der Waals surface area contributed by atoms with Gasteiger partial charge in [-0.1, -0.05) is 11.6 Å². The number of anilines is 2. The van der Waals surface area contributed by atoms with Crippen LogP contribution in [0, 0.1) is 0 Å². The zero-order valence-corrected chi connectivity index (χ0v) is 13.0.